The molecule has 0 saturated heterocycles. The lowest BCUT2D eigenvalue weighted by atomic mass is 10.2. The van der Waals surface area contributed by atoms with Gasteiger partial charge in [-0.25, -0.2) is 12.8 Å². The van der Waals surface area contributed by atoms with Gasteiger partial charge in [-0.05, 0) is 24.6 Å². The van der Waals surface area contributed by atoms with E-state index in [1.54, 1.807) is 0 Å². The van der Waals surface area contributed by atoms with Gasteiger partial charge < -0.3 is 15.6 Å². The van der Waals surface area contributed by atoms with Crippen LogP contribution in [0.4, 0.5) is 10.1 Å². The van der Waals surface area contributed by atoms with Crippen molar-refractivity contribution in [1.29, 1.82) is 0 Å². The van der Waals surface area contributed by atoms with Crippen LogP contribution in [0.5, 0.6) is 0 Å². The van der Waals surface area contributed by atoms with Gasteiger partial charge in [0.1, 0.15) is 5.82 Å². The molecule has 0 heterocycles. The van der Waals surface area contributed by atoms with E-state index in [-0.39, 0.29) is 42.4 Å². The summed E-state index contributed by atoms with van der Waals surface area (Å²) in [5.41, 5.74) is 5.46. The number of rotatable bonds is 7. The first-order chi connectivity index (χ1) is 9.34. The van der Waals surface area contributed by atoms with Gasteiger partial charge in [-0.3, -0.25) is 0 Å². The van der Waals surface area contributed by atoms with Gasteiger partial charge in [0.25, 0.3) is 0 Å². The minimum absolute atomic E-state index is 0.0670. The second-order valence-corrected chi connectivity index (χ2v) is 6.17. The standard InChI is InChI=1S/C12H19FN2O4S/c1-9-7-10(13)11(14)8-12(9)20(17,18)15(3-5-16)4-6-19-2/h7-8,16H,3-6,14H2,1-2H3. The molecule has 0 aliphatic rings. The third kappa shape index (κ3) is 3.66. The largest absolute Gasteiger partial charge is 0.396 e. The van der Waals surface area contributed by atoms with Gasteiger partial charge in [-0.15, -0.1) is 0 Å². The van der Waals surface area contributed by atoms with Crippen LogP contribution in [0, 0.1) is 12.7 Å². The summed E-state index contributed by atoms with van der Waals surface area (Å²) in [5.74, 6) is -0.660. The van der Waals surface area contributed by atoms with Crippen LogP contribution in [-0.4, -0.2) is 51.2 Å². The Morgan fingerprint density at radius 1 is 1.40 bits per heavy atom. The Morgan fingerprint density at radius 3 is 2.60 bits per heavy atom. The first-order valence-corrected chi connectivity index (χ1v) is 7.44. The van der Waals surface area contributed by atoms with Crippen molar-refractivity contribution in [1.82, 2.24) is 4.31 Å². The Kier molecular flexibility index (Phi) is 5.88. The van der Waals surface area contributed by atoms with Gasteiger partial charge in [-0.2, -0.15) is 4.31 Å². The minimum atomic E-state index is -3.86. The molecule has 0 bridgehead atoms. The molecular weight excluding hydrogens is 287 g/mol. The first-order valence-electron chi connectivity index (χ1n) is 6.00. The van der Waals surface area contributed by atoms with Crippen LogP contribution in [0.15, 0.2) is 17.0 Å². The van der Waals surface area contributed by atoms with E-state index in [1.807, 2.05) is 0 Å². The molecule has 0 fully saturated rings. The molecule has 0 unspecified atom stereocenters. The van der Waals surface area contributed by atoms with Crippen LogP contribution in [0.1, 0.15) is 5.56 Å². The van der Waals surface area contributed by atoms with Crippen LogP contribution in [0.25, 0.3) is 0 Å². The number of hydrogen-bond donors (Lipinski definition) is 2. The van der Waals surface area contributed by atoms with E-state index >= 15 is 0 Å². The quantitative estimate of drug-likeness (QED) is 0.709. The molecule has 6 nitrogen and oxygen atoms in total. The highest BCUT2D eigenvalue weighted by molar-refractivity contribution is 7.89. The van der Waals surface area contributed by atoms with Gasteiger partial charge in [0.2, 0.25) is 10.0 Å². The normalized spacial score (nSPS) is 12.1. The number of halogens is 1. The Balaban J connectivity index is 3.22. The zero-order chi connectivity index (χ0) is 15.3. The van der Waals surface area contributed by atoms with Gasteiger partial charge in [0, 0.05) is 20.2 Å². The number of nitrogens with zero attached hydrogens (tertiary/aromatic N) is 1. The van der Waals surface area contributed by atoms with Crippen molar-refractivity contribution in [3.63, 3.8) is 0 Å². The third-order valence-corrected chi connectivity index (χ3v) is 4.85. The van der Waals surface area contributed by atoms with Crippen LogP contribution < -0.4 is 5.73 Å². The fourth-order valence-electron chi connectivity index (χ4n) is 1.74. The molecule has 3 N–H and O–H groups in total. The Bertz CT molecular complexity index is 563. The minimum Gasteiger partial charge on any atom is -0.396 e. The molecule has 1 rings (SSSR count). The van der Waals surface area contributed by atoms with Crippen molar-refractivity contribution in [3.8, 4) is 0 Å². The average Bonchev–Trinajstić information content (AvgIpc) is 2.38. The van der Waals surface area contributed by atoms with Gasteiger partial charge in [0.15, 0.2) is 0 Å². The van der Waals surface area contributed by atoms with E-state index < -0.39 is 15.8 Å². The summed E-state index contributed by atoms with van der Waals surface area (Å²) in [5, 5.41) is 8.98. The molecule has 20 heavy (non-hydrogen) atoms. The summed E-state index contributed by atoms with van der Waals surface area (Å²) in [6.45, 7) is 1.38. The predicted octanol–water partition coefficient (Wildman–Crippen LogP) is 0.346. The molecule has 1 aromatic carbocycles. The van der Waals surface area contributed by atoms with Crippen LogP contribution in [0.2, 0.25) is 0 Å². The van der Waals surface area contributed by atoms with Gasteiger partial charge in [0.05, 0.1) is 23.8 Å². The second kappa shape index (κ2) is 6.98. The zero-order valence-corrected chi connectivity index (χ0v) is 12.3. The Labute approximate surface area is 118 Å². The number of anilines is 1. The number of benzene rings is 1. The summed E-state index contributed by atoms with van der Waals surface area (Å²) in [7, 11) is -2.41. The zero-order valence-electron chi connectivity index (χ0n) is 11.5. The monoisotopic (exact) mass is 306 g/mol. The van der Waals surface area contributed by atoms with Crippen LogP contribution in [0.3, 0.4) is 0 Å². The van der Waals surface area contributed by atoms with Crippen molar-refractivity contribution >= 4 is 15.7 Å². The molecule has 1 aromatic rings. The number of nitrogen functional groups attached to an aromatic ring is 1. The molecule has 0 spiro atoms. The van der Waals surface area contributed by atoms with E-state index in [1.165, 1.54) is 14.0 Å². The second-order valence-electron chi connectivity index (χ2n) is 4.26. The van der Waals surface area contributed by atoms with Crippen molar-refractivity contribution in [2.24, 2.45) is 0 Å². The lowest BCUT2D eigenvalue weighted by Gasteiger charge is -2.22. The van der Waals surface area contributed by atoms with Gasteiger partial charge in [-0.1, -0.05) is 0 Å². The van der Waals surface area contributed by atoms with Gasteiger partial charge >= 0.3 is 0 Å². The molecule has 0 amide bonds. The topological polar surface area (TPSA) is 92.9 Å². The molecule has 0 saturated carbocycles. The molecule has 0 atom stereocenters. The Morgan fingerprint density at radius 2 is 2.05 bits per heavy atom. The molecular formula is C12H19FN2O4S. The van der Waals surface area contributed by atoms with Crippen molar-refractivity contribution in [2.75, 3.05) is 39.1 Å². The van der Waals surface area contributed by atoms with Crippen molar-refractivity contribution in [3.05, 3.63) is 23.5 Å². The summed E-state index contributed by atoms with van der Waals surface area (Å²) >= 11 is 0. The van der Waals surface area contributed by atoms with E-state index in [0.29, 0.717) is 0 Å². The maximum atomic E-state index is 13.3. The number of nitrogens with two attached hydrogens (primary N) is 1. The number of aliphatic hydroxyl groups excluding tert-OH is 1. The highest BCUT2D eigenvalue weighted by atomic mass is 32.2. The number of ether oxygens (including phenoxy) is 1. The number of hydrogen-bond acceptors (Lipinski definition) is 5. The van der Waals surface area contributed by atoms with E-state index in [9.17, 15) is 12.8 Å². The molecule has 8 heteroatoms. The number of methoxy groups -OCH3 is 1. The van der Waals surface area contributed by atoms with Crippen LogP contribution in [-0.2, 0) is 14.8 Å². The molecule has 0 radical (unpaired) electrons. The molecule has 0 aliphatic heterocycles. The maximum absolute atomic E-state index is 13.3. The lowest BCUT2D eigenvalue weighted by molar-refractivity contribution is 0.168. The first kappa shape index (κ1) is 16.8. The number of aryl methyl sites for hydroxylation is 1. The fourth-order valence-corrected chi connectivity index (χ4v) is 3.40. The fraction of sp³-hybridized carbons (Fsp3) is 0.500. The third-order valence-electron chi connectivity index (χ3n) is 2.81. The summed E-state index contributed by atoms with van der Waals surface area (Å²) in [4.78, 5) is -0.0686. The molecule has 114 valence electrons. The SMILES string of the molecule is COCCN(CCO)S(=O)(=O)c1cc(N)c(F)cc1C. The lowest BCUT2D eigenvalue weighted by Crippen LogP contribution is -2.36. The van der Waals surface area contributed by atoms with Crippen LogP contribution >= 0.6 is 0 Å². The van der Waals surface area contributed by atoms with E-state index in [0.717, 1.165) is 16.4 Å². The summed E-state index contributed by atoms with van der Waals surface area (Å²) in [6.07, 6.45) is 0. The molecule has 0 aromatic heterocycles. The summed E-state index contributed by atoms with van der Waals surface area (Å²) in [6, 6.07) is 2.17. The molecule has 0 aliphatic carbocycles. The Hall–Kier alpha value is -1.22. The number of aliphatic hydroxyl groups is 1. The van der Waals surface area contributed by atoms with Crippen molar-refractivity contribution < 1.29 is 22.7 Å². The van der Waals surface area contributed by atoms with E-state index in [2.05, 4.69) is 0 Å². The summed E-state index contributed by atoms with van der Waals surface area (Å²) < 4.78 is 44.2. The maximum Gasteiger partial charge on any atom is 0.243 e. The predicted molar refractivity (Wildman–Crippen MR) is 73.3 cm³/mol. The van der Waals surface area contributed by atoms with Crippen molar-refractivity contribution in [2.45, 2.75) is 11.8 Å². The highest BCUT2D eigenvalue weighted by Gasteiger charge is 2.26. The highest BCUT2D eigenvalue weighted by Crippen LogP contribution is 2.24. The average molecular weight is 306 g/mol. The number of sulfonamides is 1. The van der Waals surface area contributed by atoms with E-state index in [4.69, 9.17) is 15.6 Å². The smallest absolute Gasteiger partial charge is 0.243 e.